The number of ether oxygens (including phenoxy) is 1. The van der Waals surface area contributed by atoms with E-state index < -0.39 is 36.0 Å². The second kappa shape index (κ2) is 19.3. The molecule has 0 radical (unpaired) electrons. The molecule has 0 spiro atoms. The summed E-state index contributed by atoms with van der Waals surface area (Å²) in [5, 5.41) is 40.2. The molecule has 0 fully saturated rings. The molecular weight excluding hydrogens is 724 g/mol. The minimum atomic E-state index is -1.10. The van der Waals surface area contributed by atoms with Gasteiger partial charge in [0, 0.05) is 55.0 Å². The van der Waals surface area contributed by atoms with Gasteiger partial charge in [0.25, 0.3) is 6.26 Å². The number of fused-ring (bicyclic) bond motifs is 3. The van der Waals surface area contributed by atoms with Crippen LogP contribution in [0.4, 0.5) is 47.6 Å². The molecule has 8 amide bonds. The fraction of sp³-hybridized carbons (Fsp3) is 0.184. The van der Waals surface area contributed by atoms with E-state index in [0.29, 0.717) is 63.5 Å². The van der Waals surface area contributed by atoms with Gasteiger partial charge in [0.15, 0.2) is 0 Å². The maximum Gasteiger partial charge on any atom is 0.319 e. The first-order chi connectivity index (χ1) is 27.1. The third kappa shape index (κ3) is 11.1. The summed E-state index contributed by atoms with van der Waals surface area (Å²) >= 11 is 0. The van der Waals surface area contributed by atoms with Gasteiger partial charge in [-0.3, -0.25) is 4.79 Å². The highest BCUT2D eigenvalue weighted by atomic mass is 16.5. The van der Waals surface area contributed by atoms with E-state index in [0.717, 1.165) is 0 Å². The van der Waals surface area contributed by atoms with E-state index in [9.17, 15) is 33.9 Å². The number of hydrogen-bond donors (Lipinski definition) is 9. The highest BCUT2D eigenvalue weighted by molar-refractivity contribution is 5.97. The molecular formula is C38H36N10O8. The van der Waals surface area contributed by atoms with Crippen molar-refractivity contribution in [2.45, 2.75) is 18.8 Å². The van der Waals surface area contributed by atoms with Gasteiger partial charge in [-0.2, -0.15) is 4.99 Å². The normalized spacial score (nSPS) is 11.9. The number of nitrogens with zero attached hydrogens (tertiary/aromatic N) is 2. The minimum absolute atomic E-state index is 0.235. The van der Waals surface area contributed by atoms with E-state index in [1.165, 1.54) is 18.2 Å². The number of benzene rings is 4. The standard InChI is InChI=1S/C38H36N10O8/c39-21-56-28-8-2-7-25(18-28)46-36(53)41-14-4-16-43-38(55)48-27-10-12-30-29-11-9-26(19-31(29)33(34(50)51)32(30)20-27)47-37(54)42-15-3-13-40-35(52)45-24-6-1-5-23(17-24)44-22-49/h1-2,5-12,17-20,33H,3-4,13-16H2,(H,50,51)(H2,40,45,52)(H2,41,46,53)(H2,42,47,54)(H2,43,48,55). The zero-order valence-corrected chi connectivity index (χ0v) is 29.6. The molecule has 56 heavy (non-hydrogen) atoms. The van der Waals surface area contributed by atoms with Crippen LogP contribution in [0.2, 0.25) is 0 Å². The predicted octanol–water partition coefficient (Wildman–Crippen LogP) is 5.38. The Kier molecular flexibility index (Phi) is 13.5. The summed E-state index contributed by atoms with van der Waals surface area (Å²) in [5.74, 6) is -1.87. The topological polar surface area (TPSA) is 264 Å². The van der Waals surface area contributed by atoms with Gasteiger partial charge in [0.2, 0.25) is 6.08 Å². The molecule has 18 heteroatoms. The van der Waals surface area contributed by atoms with Gasteiger partial charge in [-0.05, 0) is 89.7 Å². The Morgan fingerprint density at radius 1 is 0.625 bits per heavy atom. The Morgan fingerprint density at radius 2 is 1.07 bits per heavy atom. The van der Waals surface area contributed by atoms with Crippen molar-refractivity contribution in [1.82, 2.24) is 21.3 Å². The molecule has 0 aliphatic heterocycles. The van der Waals surface area contributed by atoms with Crippen molar-refractivity contribution in [3.8, 4) is 23.1 Å². The summed E-state index contributed by atoms with van der Waals surface area (Å²) in [4.78, 5) is 75.9. The fourth-order valence-electron chi connectivity index (χ4n) is 5.76. The number of carboxylic acid groups (broad SMARTS) is 1. The van der Waals surface area contributed by atoms with Crippen LogP contribution in [-0.4, -0.2) is 67.5 Å². The van der Waals surface area contributed by atoms with Crippen molar-refractivity contribution < 1.29 is 38.6 Å². The van der Waals surface area contributed by atoms with E-state index in [-0.39, 0.29) is 31.9 Å². The number of rotatable bonds is 15. The molecule has 0 aromatic heterocycles. The van der Waals surface area contributed by atoms with Crippen LogP contribution in [-0.2, 0) is 9.59 Å². The minimum Gasteiger partial charge on any atom is -0.481 e. The SMILES string of the molecule is N#COc1cccc(NC(=O)NCCCNC(=O)Nc2ccc3c(c2)C(C(=O)O)c2cc(NC(=O)NCCCNC(=O)Nc4cccc(N=C=O)c4)ccc2-3)c1. The van der Waals surface area contributed by atoms with E-state index >= 15 is 0 Å². The van der Waals surface area contributed by atoms with Crippen molar-refractivity contribution in [3.63, 3.8) is 0 Å². The van der Waals surface area contributed by atoms with Crippen LogP contribution >= 0.6 is 0 Å². The van der Waals surface area contributed by atoms with Crippen LogP contribution in [0.5, 0.6) is 5.75 Å². The Hall–Kier alpha value is -7.90. The van der Waals surface area contributed by atoms with E-state index in [4.69, 9.17) is 10.00 Å². The lowest BCUT2D eigenvalue weighted by Gasteiger charge is -2.12. The summed E-state index contributed by atoms with van der Waals surface area (Å²) < 4.78 is 4.74. The van der Waals surface area contributed by atoms with Gasteiger partial charge >= 0.3 is 30.1 Å². The zero-order chi connectivity index (χ0) is 39.9. The van der Waals surface area contributed by atoms with Crippen LogP contribution in [0.3, 0.4) is 0 Å². The summed E-state index contributed by atoms with van der Waals surface area (Å²) in [6.45, 7) is 0.984. The quantitative estimate of drug-likeness (QED) is 0.0326. The molecule has 1 atom stereocenters. The van der Waals surface area contributed by atoms with Crippen molar-refractivity contribution in [2.24, 2.45) is 4.99 Å². The first-order valence-electron chi connectivity index (χ1n) is 17.2. The Morgan fingerprint density at radius 3 is 1.52 bits per heavy atom. The van der Waals surface area contributed by atoms with Crippen LogP contribution < -0.4 is 47.3 Å². The average molecular weight is 761 g/mol. The van der Waals surface area contributed by atoms with E-state index in [2.05, 4.69) is 47.5 Å². The van der Waals surface area contributed by atoms with Crippen molar-refractivity contribution in [1.29, 1.82) is 5.26 Å². The lowest BCUT2D eigenvalue weighted by Crippen LogP contribution is -2.34. The number of aliphatic imine (C=N–C) groups is 1. The summed E-state index contributed by atoms with van der Waals surface area (Å²) in [6.07, 6.45) is 3.83. The molecule has 5 rings (SSSR count). The first-order valence-corrected chi connectivity index (χ1v) is 17.2. The first kappa shape index (κ1) is 39.3. The number of carbonyl (C=O) groups excluding carboxylic acids is 5. The van der Waals surface area contributed by atoms with Crippen LogP contribution in [0, 0.1) is 11.5 Å². The monoisotopic (exact) mass is 760 g/mol. The Balaban J connectivity index is 1.04. The summed E-state index contributed by atoms with van der Waals surface area (Å²) in [6, 6.07) is 20.7. The lowest BCUT2D eigenvalue weighted by molar-refractivity contribution is -0.137. The molecule has 0 saturated heterocycles. The van der Waals surface area contributed by atoms with E-state index in [1.54, 1.807) is 79.1 Å². The molecule has 1 aliphatic rings. The number of amides is 8. The number of isocyanates is 1. The molecule has 1 unspecified atom stereocenters. The lowest BCUT2D eigenvalue weighted by atomic mass is 9.96. The number of nitrogens with one attached hydrogen (secondary N) is 8. The number of nitriles is 1. The highest BCUT2D eigenvalue weighted by Gasteiger charge is 2.34. The number of hydrogen-bond acceptors (Lipinski definition) is 9. The van der Waals surface area contributed by atoms with Crippen molar-refractivity contribution >= 4 is 64.6 Å². The van der Waals surface area contributed by atoms with Gasteiger partial charge in [0.05, 0.1) is 5.69 Å². The second-order valence-corrected chi connectivity index (χ2v) is 12.1. The highest BCUT2D eigenvalue weighted by Crippen LogP contribution is 2.46. The molecule has 286 valence electrons. The van der Waals surface area contributed by atoms with Gasteiger partial charge < -0.3 is 52.4 Å². The zero-order valence-electron chi connectivity index (χ0n) is 29.6. The van der Waals surface area contributed by atoms with Gasteiger partial charge in [-0.1, -0.05) is 24.3 Å². The van der Waals surface area contributed by atoms with Gasteiger partial charge in [0.1, 0.15) is 11.7 Å². The van der Waals surface area contributed by atoms with Gasteiger partial charge in [-0.15, -0.1) is 5.26 Å². The third-order valence-electron chi connectivity index (χ3n) is 8.16. The molecule has 4 aromatic rings. The summed E-state index contributed by atoms with van der Waals surface area (Å²) in [7, 11) is 0. The third-order valence-corrected chi connectivity index (χ3v) is 8.16. The number of carbonyl (C=O) groups is 5. The predicted molar refractivity (Wildman–Crippen MR) is 206 cm³/mol. The van der Waals surface area contributed by atoms with Crippen LogP contribution in [0.25, 0.3) is 11.1 Å². The number of aliphatic carboxylic acids is 1. The maximum absolute atomic E-state index is 12.6. The van der Waals surface area contributed by atoms with Crippen molar-refractivity contribution in [2.75, 3.05) is 47.4 Å². The van der Waals surface area contributed by atoms with E-state index in [1.807, 2.05) is 0 Å². The fourth-order valence-corrected chi connectivity index (χ4v) is 5.76. The average Bonchev–Trinajstić information content (AvgIpc) is 3.48. The molecule has 0 saturated carbocycles. The molecule has 0 bridgehead atoms. The van der Waals surface area contributed by atoms with Crippen LogP contribution in [0.1, 0.15) is 29.9 Å². The molecule has 18 nitrogen and oxygen atoms in total. The number of carboxylic acids is 1. The smallest absolute Gasteiger partial charge is 0.319 e. The number of urea groups is 4. The largest absolute Gasteiger partial charge is 0.481 e. The van der Waals surface area contributed by atoms with Crippen molar-refractivity contribution in [3.05, 3.63) is 96.1 Å². The Labute approximate surface area is 319 Å². The molecule has 9 N–H and O–H groups in total. The molecule has 1 aliphatic carbocycles. The van der Waals surface area contributed by atoms with Gasteiger partial charge in [-0.25, -0.2) is 24.0 Å². The number of anilines is 4. The Bertz CT molecular complexity index is 2220. The maximum atomic E-state index is 12.6. The molecule has 0 heterocycles. The van der Waals surface area contributed by atoms with Crippen LogP contribution in [0.15, 0.2) is 89.9 Å². The second-order valence-electron chi connectivity index (χ2n) is 12.1. The molecule has 4 aromatic carbocycles. The summed E-state index contributed by atoms with van der Waals surface area (Å²) in [5.41, 5.74) is 4.30.